The number of rotatable bonds is 6. The number of anilines is 1. The molecule has 0 spiro atoms. The molecule has 2 atom stereocenters. The number of nitrogens with zero attached hydrogens (tertiary/aromatic N) is 3. The monoisotopic (exact) mass is 427 g/mol. The van der Waals surface area contributed by atoms with E-state index < -0.39 is 5.97 Å². The molecule has 28 heavy (non-hydrogen) atoms. The van der Waals surface area contributed by atoms with Crippen LogP contribution in [-0.4, -0.2) is 64.3 Å². The Kier molecular flexibility index (Phi) is 6.21. The molecule has 152 valence electrons. The third kappa shape index (κ3) is 4.13. The zero-order chi connectivity index (χ0) is 20.4. The molecule has 2 aromatic heterocycles. The molecule has 11 heteroatoms. The summed E-state index contributed by atoms with van der Waals surface area (Å²) in [5, 5.41) is 13.1. The largest absolute Gasteiger partial charge is 0.477 e. The molecule has 3 heterocycles. The van der Waals surface area contributed by atoms with Crippen molar-refractivity contribution in [2.45, 2.75) is 38.8 Å². The van der Waals surface area contributed by atoms with E-state index >= 15 is 0 Å². The van der Waals surface area contributed by atoms with E-state index in [1.54, 1.807) is 14.0 Å². The summed E-state index contributed by atoms with van der Waals surface area (Å²) in [6.07, 6.45) is 1.01. The van der Waals surface area contributed by atoms with Crippen molar-refractivity contribution < 1.29 is 19.4 Å². The topological polar surface area (TPSA) is 120 Å². The second-order valence-electron chi connectivity index (χ2n) is 6.51. The average Bonchev–Trinajstić information content (AvgIpc) is 3.24. The highest BCUT2D eigenvalue weighted by molar-refractivity contribution is 7.17. The molecule has 0 aromatic carbocycles. The van der Waals surface area contributed by atoms with E-state index in [9.17, 15) is 14.7 Å². The van der Waals surface area contributed by atoms with Crippen molar-refractivity contribution >= 4 is 39.9 Å². The number of hydrogen-bond acceptors (Lipinski definition) is 7. The maximum Gasteiger partial charge on any atom is 0.347 e. The van der Waals surface area contributed by atoms with Gasteiger partial charge in [-0.25, -0.2) is 14.8 Å². The van der Waals surface area contributed by atoms with Crippen LogP contribution in [0.4, 0.5) is 5.13 Å². The van der Waals surface area contributed by atoms with E-state index in [1.165, 1.54) is 0 Å². The van der Waals surface area contributed by atoms with Gasteiger partial charge in [0.25, 0.3) is 5.91 Å². The molecule has 1 aliphatic rings. The Balaban J connectivity index is 1.68. The summed E-state index contributed by atoms with van der Waals surface area (Å²) in [7, 11) is 1.59. The van der Waals surface area contributed by atoms with Crippen LogP contribution in [0, 0.1) is 6.92 Å². The van der Waals surface area contributed by atoms with Gasteiger partial charge in [0.1, 0.15) is 4.88 Å². The van der Waals surface area contributed by atoms with Gasteiger partial charge in [0.15, 0.2) is 16.1 Å². The number of H-pyrrole nitrogens is 1. The van der Waals surface area contributed by atoms with Crippen LogP contribution in [0.15, 0.2) is 0 Å². The van der Waals surface area contributed by atoms with Gasteiger partial charge in [0.2, 0.25) is 0 Å². The molecule has 0 saturated carbocycles. The summed E-state index contributed by atoms with van der Waals surface area (Å²) in [4.78, 5) is 37.4. The molecule has 9 nitrogen and oxygen atoms in total. The molecule has 0 bridgehead atoms. The first-order chi connectivity index (χ1) is 13.3. The number of halogens is 1. The summed E-state index contributed by atoms with van der Waals surface area (Å²) >= 11 is 7.16. The van der Waals surface area contributed by atoms with E-state index in [-0.39, 0.29) is 28.8 Å². The molecule has 1 saturated heterocycles. The van der Waals surface area contributed by atoms with E-state index in [0.29, 0.717) is 41.9 Å². The van der Waals surface area contributed by atoms with Gasteiger partial charge >= 0.3 is 5.97 Å². The third-order valence-electron chi connectivity index (χ3n) is 4.73. The van der Waals surface area contributed by atoms with Crippen molar-refractivity contribution in [1.29, 1.82) is 0 Å². The number of methoxy groups -OCH3 is 1. The number of carboxylic acids is 1. The lowest BCUT2D eigenvalue weighted by atomic mass is 10.0. The number of piperidine rings is 1. The molecule has 2 unspecified atom stereocenters. The lowest BCUT2D eigenvalue weighted by Gasteiger charge is -2.37. The van der Waals surface area contributed by atoms with Crippen LogP contribution >= 0.6 is 22.9 Å². The van der Waals surface area contributed by atoms with Gasteiger partial charge in [0.05, 0.1) is 23.5 Å². The highest BCUT2D eigenvalue weighted by Gasteiger charge is 2.33. The normalized spacial score (nSPS) is 19.6. The number of carboxylic acid groups (broad SMARTS) is 1. The Hall–Kier alpha value is -2.17. The van der Waals surface area contributed by atoms with Crippen molar-refractivity contribution in [3.8, 4) is 0 Å². The van der Waals surface area contributed by atoms with Crippen molar-refractivity contribution in [3.05, 3.63) is 27.2 Å². The van der Waals surface area contributed by atoms with Gasteiger partial charge in [0, 0.05) is 20.2 Å². The first-order valence-corrected chi connectivity index (χ1v) is 10.1. The molecule has 0 radical (unpaired) electrons. The van der Waals surface area contributed by atoms with Crippen LogP contribution in [0.5, 0.6) is 0 Å². The van der Waals surface area contributed by atoms with Crippen LogP contribution in [-0.2, 0) is 11.2 Å². The fourth-order valence-corrected chi connectivity index (χ4v) is 4.38. The van der Waals surface area contributed by atoms with Gasteiger partial charge in [-0.15, -0.1) is 0 Å². The quantitative estimate of drug-likeness (QED) is 0.645. The number of carbonyl (C=O) groups is 2. The number of aromatic amines is 1. The first kappa shape index (κ1) is 20.6. The van der Waals surface area contributed by atoms with Crippen LogP contribution < -0.4 is 10.2 Å². The number of hydrogen-bond donors (Lipinski definition) is 3. The molecule has 0 aliphatic carbocycles. The van der Waals surface area contributed by atoms with Crippen molar-refractivity contribution in [3.63, 3.8) is 0 Å². The minimum absolute atomic E-state index is 0.181. The minimum Gasteiger partial charge on any atom is -0.477 e. The summed E-state index contributed by atoms with van der Waals surface area (Å²) in [6.45, 7) is 4.72. The molecular weight excluding hydrogens is 406 g/mol. The summed E-state index contributed by atoms with van der Waals surface area (Å²) < 4.78 is 5.57. The number of aromatic carboxylic acids is 1. The number of aryl methyl sites for hydroxylation is 2. The zero-order valence-corrected chi connectivity index (χ0v) is 17.4. The Morgan fingerprint density at radius 2 is 2.21 bits per heavy atom. The van der Waals surface area contributed by atoms with Crippen LogP contribution in [0.2, 0.25) is 5.15 Å². The lowest BCUT2D eigenvalue weighted by molar-refractivity contribution is 0.0538. The van der Waals surface area contributed by atoms with Crippen molar-refractivity contribution in [2.75, 3.05) is 25.1 Å². The van der Waals surface area contributed by atoms with E-state index in [2.05, 4.69) is 20.3 Å². The third-order valence-corrected chi connectivity index (χ3v) is 6.24. The predicted molar refractivity (Wildman–Crippen MR) is 106 cm³/mol. The molecule has 1 aliphatic heterocycles. The number of amides is 1. The fraction of sp³-hybridized carbons (Fsp3) is 0.529. The van der Waals surface area contributed by atoms with Gasteiger partial charge in [-0.1, -0.05) is 29.9 Å². The maximum absolute atomic E-state index is 12.5. The molecule has 3 rings (SSSR count). The molecule has 1 amide bonds. The molecule has 2 aromatic rings. The number of ether oxygens (including phenoxy) is 1. The highest BCUT2D eigenvalue weighted by Crippen LogP contribution is 2.29. The van der Waals surface area contributed by atoms with E-state index in [0.717, 1.165) is 17.0 Å². The molecule has 1 fully saturated rings. The van der Waals surface area contributed by atoms with Crippen LogP contribution in [0.25, 0.3) is 0 Å². The van der Waals surface area contributed by atoms with Gasteiger partial charge in [-0.2, -0.15) is 0 Å². The smallest absolute Gasteiger partial charge is 0.347 e. The van der Waals surface area contributed by atoms with Crippen LogP contribution in [0.3, 0.4) is 0 Å². The van der Waals surface area contributed by atoms with Crippen molar-refractivity contribution in [2.24, 2.45) is 0 Å². The van der Waals surface area contributed by atoms with Gasteiger partial charge in [-0.05, 0) is 19.8 Å². The SMILES string of the molecule is CCc1[nH]c(C(=O)NC2CCN(c3nc(C)c(C(=O)O)s3)CC2OC)nc1Cl. The Morgan fingerprint density at radius 1 is 1.46 bits per heavy atom. The second-order valence-corrected chi connectivity index (χ2v) is 7.85. The van der Waals surface area contributed by atoms with Gasteiger partial charge < -0.3 is 25.0 Å². The zero-order valence-electron chi connectivity index (χ0n) is 15.8. The fourth-order valence-electron chi connectivity index (χ4n) is 3.18. The van der Waals surface area contributed by atoms with E-state index in [4.69, 9.17) is 16.3 Å². The van der Waals surface area contributed by atoms with E-state index in [1.807, 2.05) is 11.8 Å². The van der Waals surface area contributed by atoms with Gasteiger partial charge in [-0.3, -0.25) is 4.79 Å². The second kappa shape index (κ2) is 8.46. The Bertz CT molecular complexity index is 883. The summed E-state index contributed by atoms with van der Waals surface area (Å²) in [5.74, 6) is -1.13. The number of thiazole rings is 1. The number of carbonyl (C=O) groups excluding carboxylic acids is 1. The standard InChI is InChI=1S/C17H22ClN5O4S/c1-4-9-13(18)22-14(20-9)15(24)21-10-5-6-23(7-11(10)27-3)17-19-8(2)12(28-17)16(25)26/h10-11H,4-7H2,1-3H3,(H,20,22)(H,21,24)(H,25,26). The lowest BCUT2D eigenvalue weighted by Crippen LogP contribution is -2.55. The maximum atomic E-state index is 12.5. The number of nitrogens with one attached hydrogen (secondary N) is 2. The molecule has 3 N–H and O–H groups in total. The number of imidazole rings is 1. The summed E-state index contributed by atoms with van der Waals surface area (Å²) in [6, 6.07) is -0.206. The van der Waals surface area contributed by atoms with Crippen molar-refractivity contribution in [1.82, 2.24) is 20.3 Å². The average molecular weight is 428 g/mol. The van der Waals surface area contributed by atoms with Crippen LogP contribution in [0.1, 0.15) is 45.0 Å². The minimum atomic E-state index is -0.977. The number of aromatic nitrogens is 3. The Labute approximate surface area is 171 Å². The highest BCUT2D eigenvalue weighted by atomic mass is 35.5. The first-order valence-electron chi connectivity index (χ1n) is 8.87. The summed E-state index contributed by atoms with van der Waals surface area (Å²) in [5.41, 5.74) is 1.22. The Morgan fingerprint density at radius 3 is 2.79 bits per heavy atom. The molecular formula is C17H22ClN5O4S. The predicted octanol–water partition coefficient (Wildman–Crippen LogP) is 2.11.